The molecular formula is C44H30N2S. The number of thioether (sulfide) groups is 1. The second-order valence-corrected chi connectivity index (χ2v) is 12.9. The standard InChI is InChI=1S/C44H30N2S/c1-4-13-30(14-5-1)37-26-38(35-24-23-31-15-10-11-20-34(31)25-35)28-39(27-37)40-22-12-21-36-29-47-44-45-41(32-16-6-2-7-17-32)43(46(44)42(36)40)33-18-8-3-9-19-33/h1-28H,29H2. The molecule has 1 aliphatic rings. The Morgan fingerprint density at radius 1 is 0.447 bits per heavy atom. The molecule has 2 nitrogen and oxygen atoms in total. The third-order valence-electron chi connectivity index (χ3n) is 9.07. The van der Waals surface area contributed by atoms with E-state index in [1.165, 1.54) is 55.4 Å². The first-order chi connectivity index (χ1) is 23.3. The fourth-order valence-corrected chi connectivity index (χ4v) is 7.81. The number of aromatic nitrogens is 2. The van der Waals surface area contributed by atoms with E-state index in [2.05, 4.69) is 174 Å². The minimum Gasteiger partial charge on any atom is -0.286 e. The monoisotopic (exact) mass is 618 g/mol. The van der Waals surface area contributed by atoms with Gasteiger partial charge in [-0.05, 0) is 68.4 Å². The number of fused-ring (bicyclic) bond motifs is 4. The van der Waals surface area contributed by atoms with Crippen LogP contribution in [0.15, 0.2) is 175 Å². The maximum absolute atomic E-state index is 5.32. The van der Waals surface area contributed by atoms with Gasteiger partial charge < -0.3 is 0 Å². The number of hydrogen-bond acceptors (Lipinski definition) is 2. The predicted octanol–water partition coefficient (Wildman–Crippen LogP) is 12.0. The third kappa shape index (κ3) is 4.97. The topological polar surface area (TPSA) is 17.8 Å². The van der Waals surface area contributed by atoms with Crippen molar-refractivity contribution < 1.29 is 0 Å². The number of nitrogens with zero attached hydrogens (tertiary/aromatic N) is 2. The Morgan fingerprint density at radius 2 is 1.06 bits per heavy atom. The SMILES string of the molecule is c1ccc(-c2cc(-c3ccc4ccccc4c3)cc(-c3cccc4c3-n3c(nc(-c5ccccc5)c3-c3ccccc3)SC4)c2)cc1. The molecule has 3 heteroatoms. The van der Waals surface area contributed by atoms with E-state index in [0.717, 1.165) is 33.4 Å². The first kappa shape index (κ1) is 27.7. The van der Waals surface area contributed by atoms with Crippen LogP contribution in [0.5, 0.6) is 0 Å². The van der Waals surface area contributed by atoms with E-state index in [0.29, 0.717) is 0 Å². The molecular weight excluding hydrogens is 589 g/mol. The molecule has 0 fully saturated rings. The Kier molecular flexibility index (Phi) is 6.84. The van der Waals surface area contributed by atoms with E-state index < -0.39 is 0 Å². The Morgan fingerprint density at radius 3 is 1.81 bits per heavy atom. The average Bonchev–Trinajstić information content (AvgIpc) is 3.55. The first-order valence-corrected chi connectivity index (χ1v) is 17.0. The third-order valence-corrected chi connectivity index (χ3v) is 10.1. The minimum atomic E-state index is 0.874. The van der Waals surface area contributed by atoms with Crippen LogP contribution in [0.3, 0.4) is 0 Å². The lowest BCUT2D eigenvalue weighted by atomic mass is 9.91. The fraction of sp³-hybridized carbons (Fsp3) is 0.0227. The van der Waals surface area contributed by atoms with Crippen molar-refractivity contribution >= 4 is 22.5 Å². The fourth-order valence-electron chi connectivity index (χ4n) is 6.83. The predicted molar refractivity (Wildman–Crippen MR) is 198 cm³/mol. The molecule has 2 heterocycles. The summed E-state index contributed by atoms with van der Waals surface area (Å²) in [6.07, 6.45) is 0. The maximum Gasteiger partial charge on any atom is 0.174 e. The van der Waals surface area contributed by atoms with E-state index in [1.807, 2.05) is 11.8 Å². The zero-order chi connectivity index (χ0) is 31.2. The van der Waals surface area contributed by atoms with Crippen molar-refractivity contribution in [3.05, 3.63) is 175 Å². The van der Waals surface area contributed by atoms with Crippen LogP contribution in [0.2, 0.25) is 0 Å². The van der Waals surface area contributed by atoms with Crippen molar-refractivity contribution in [3.63, 3.8) is 0 Å². The summed E-state index contributed by atoms with van der Waals surface area (Å²) in [6.45, 7) is 0. The number of benzene rings is 7. The lowest BCUT2D eigenvalue weighted by molar-refractivity contribution is 0.879. The highest BCUT2D eigenvalue weighted by atomic mass is 32.2. The second-order valence-electron chi connectivity index (χ2n) is 12.0. The summed E-state index contributed by atoms with van der Waals surface area (Å²) in [7, 11) is 0. The van der Waals surface area contributed by atoms with Gasteiger partial charge in [0.05, 0.1) is 17.1 Å². The van der Waals surface area contributed by atoms with Crippen LogP contribution in [0.4, 0.5) is 0 Å². The number of imidazole rings is 1. The summed E-state index contributed by atoms with van der Waals surface area (Å²) >= 11 is 1.81. The Hall–Kier alpha value is -5.64. The number of rotatable bonds is 5. The molecule has 8 aromatic rings. The second kappa shape index (κ2) is 11.6. The summed E-state index contributed by atoms with van der Waals surface area (Å²) in [5, 5.41) is 3.52. The number of para-hydroxylation sites is 1. The van der Waals surface area contributed by atoms with Crippen LogP contribution < -0.4 is 0 Å². The minimum absolute atomic E-state index is 0.874. The van der Waals surface area contributed by atoms with Gasteiger partial charge in [-0.1, -0.05) is 157 Å². The van der Waals surface area contributed by atoms with Gasteiger partial charge in [0.15, 0.2) is 5.16 Å². The first-order valence-electron chi connectivity index (χ1n) is 16.0. The van der Waals surface area contributed by atoms with Crippen molar-refractivity contribution in [2.45, 2.75) is 10.9 Å². The molecule has 0 saturated carbocycles. The van der Waals surface area contributed by atoms with Gasteiger partial charge in [0.1, 0.15) is 0 Å². The number of hydrogen-bond donors (Lipinski definition) is 0. The molecule has 222 valence electrons. The molecule has 0 amide bonds. The lowest BCUT2D eigenvalue weighted by Gasteiger charge is -2.24. The molecule has 0 atom stereocenters. The van der Waals surface area contributed by atoms with Crippen molar-refractivity contribution in [2.75, 3.05) is 0 Å². The molecule has 0 N–H and O–H groups in total. The van der Waals surface area contributed by atoms with Gasteiger partial charge >= 0.3 is 0 Å². The van der Waals surface area contributed by atoms with Gasteiger partial charge in [0.25, 0.3) is 0 Å². The molecule has 0 aliphatic carbocycles. The molecule has 7 aromatic carbocycles. The average molecular weight is 619 g/mol. The van der Waals surface area contributed by atoms with Crippen LogP contribution in [0.1, 0.15) is 5.56 Å². The van der Waals surface area contributed by atoms with E-state index in [9.17, 15) is 0 Å². The Balaban J connectivity index is 1.31. The van der Waals surface area contributed by atoms with Crippen molar-refractivity contribution in [1.29, 1.82) is 0 Å². The van der Waals surface area contributed by atoms with Crippen LogP contribution in [0.25, 0.3) is 72.4 Å². The largest absolute Gasteiger partial charge is 0.286 e. The molecule has 0 saturated heterocycles. The van der Waals surface area contributed by atoms with E-state index >= 15 is 0 Å². The molecule has 1 aromatic heterocycles. The maximum atomic E-state index is 5.32. The Bertz CT molecular complexity index is 2390. The summed E-state index contributed by atoms with van der Waals surface area (Å²) in [6, 6.07) is 61.2. The zero-order valence-corrected chi connectivity index (χ0v) is 26.5. The van der Waals surface area contributed by atoms with Crippen molar-refractivity contribution in [2.24, 2.45) is 0 Å². The van der Waals surface area contributed by atoms with Crippen LogP contribution in [-0.4, -0.2) is 9.55 Å². The van der Waals surface area contributed by atoms with E-state index in [-0.39, 0.29) is 0 Å². The van der Waals surface area contributed by atoms with Gasteiger partial charge in [-0.3, -0.25) is 4.57 Å². The molecule has 0 radical (unpaired) electrons. The quantitative estimate of drug-likeness (QED) is 0.191. The highest BCUT2D eigenvalue weighted by Gasteiger charge is 2.28. The van der Waals surface area contributed by atoms with Gasteiger partial charge in [-0.2, -0.15) is 0 Å². The van der Waals surface area contributed by atoms with E-state index in [4.69, 9.17) is 4.98 Å². The van der Waals surface area contributed by atoms with Gasteiger partial charge in [-0.25, -0.2) is 4.98 Å². The summed E-state index contributed by atoms with van der Waals surface area (Å²) in [5.41, 5.74) is 14.2. The highest BCUT2D eigenvalue weighted by Crippen LogP contribution is 2.47. The molecule has 0 bridgehead atoms. The molecule has 47 heavy (non-hydrogen) atoms. The molecule has 0 spiro atoms. The molecule has 0 unspecified atom stereocenters. The summed E-state index contributed by atoms with van der Waals surface area (Å²) in [4.78, 5) is 5.32. The molecule has 1 aliphatic heterocycles. The van der Waals surface area contributed by atoms with E-state index in [1.54, 1.807) is 0 Å². The normalized spacial score (nSPS) is 12.1. The van der Waals surface area contributed by atoms with Crippen LogP contribution >= 0.6 is 11.8 Å². The Labute approximate surface area is 279 Å². The smallest absolute Gasteiger partial charge is 0.174 e. The van der Waals surface area contributed by atoms with Gasteiger partial charge in [0, 0.05) is 22.4 Å². The molecule has 9 rings (SSSR count). The zero-order valence-electron chi connectivity index (χ0n) is 25.7. The van der Waals surface area contributed by atoms with Crippen molar-refractivity contribution in [1.82, 2.24) is 9.55 Å². The lowest BCUT2D eigenvalue weighted by Crippen LogP contribution is -2.09. The van der Waals surface area contributed by atoms with Crippen molar-refractivity contribution in [3.8, 4) is 61.6 Å². The highest BCUT2D eigenvalue weighted by molar-refractivity contribution is 7.98. The van der Waals surface area contributed by atoms with Gasteiger partial charge in [0.2, 0.25) is 0 Å². The van der Waals surface area contributed by atoms with Crippen LogP contribution in [0, 0.1) is 0 Å². The summed E-state index contributed by atoms with van der Waals surface area (Å²) < 4.78 is 2.42. The summed E-state index contributed by atoms with van der Waals surface area (Å²) in [5.74, 6) is 0.874. The van der Waals surface area contributed by atoms with Crippen LogP contribution in [-0.2, 0) is 5.75 Å². The van der Waals surface area contributed by atoms with Gasteiger partial charge in [-0.15, -0.1) is 0 Å².